The number of rotatable bonds is 6. The van der Waals surface area contributed by atoms with Gasteiger partial charge in [-0.25, -0.2) is 4.68 Å². The van der Waals surface area contributed by atoms with Crippen LogP contribution in [0.4, 0.5) is 0 Å². The minimum absolute atomic E-state index is 0.154. The molecule has 3 aromatic rings. The SMILES string of the molecule is C=CCN=c1scc(-c2ccc(OC)cc2)n1/N=C\c1cc(Br)c(O)c(Br)c1. The highest BCUT2D eigenvalue weighted by molar-refractivity contribution is 9.11. The van der Waals surface area contributed by atoms with E-state index in [1.54, 1.807) is 36.2 Å². The third kappa shape index (κ3) is 4.63. The van der Waals surface area contributed by atoms with Crippen LogP contribution in [0.25, 0.3) is 11.3 Å². The second kappa shape index (κ2) is 9.36. The summed E-state index contributed by atoms with van der Waals surface area (Å²) >= 11 is 8.19. The molecule has 0 saturated heterocycles. The summed E-state index contributed by atoms with van der Waals surface area (Å²) in [5.41, 5.74) is 2.75. The zero-order valence-electron chi connectivity index (χ0n) is 15.0. The van der Waals surface area contributed by atoms with E-state index < -0.39 is 0 Å². The summed E-state index contributed by atoms with van der Waals surface area (Å²) in [5.74, 6) is 0.949. The molecule has 0 amide bonds. The maximum atomic E-state index is 9.88. The van der Waals surface area contributed by atoms with Gasteiger partial charge in [0.1, 0.15) is 11.5 Å². The van der Waals surface area contributed by atoms with Gasteiger partial charge in [-0.05, 0) is 73.8 Å². The Hall–Kier alpha value is -2.16. The van der Waals surface area contributed by atoms with E-state index in [4.69, 9.17) is 4.74 Å². The number of phenolic OH excluding ortho intramolecular Hbond substituents is 1. The number of aromatic nitrogens is 1. The Kier molecular flexibility index (Phi) is 6.88. The van der Waals surface area contributed by atoms with Crippen molar-refractivity contribution >= 4 is 49.4 Å². The summed E-state index contributed by atoms with van der Waals surface area (Å²) in [6, 6.07) is 11.4. The Balaban J connectivity index is 2.06. The topological polar surface area (TPSA) is 59.1 Å². The number of hydrogen-bond donors (Lipinski definition) is 1. The maximum Gasteiger partial charge on any atom is 0.206 e. The average Bonchev–Trinajstić information content (AvgIpc) is 3.11. The van der Waals surface area contributed by atoms with Crippen molar-refractivity contribution in [2.75, 3.05) is 13.7 Å². The van der Waals surface area contributed by atoms with Crippen molar-refractivity contribution in [1.82, 2.24) is 4.68 Å². The largest absolute Gasteiger partial charge is 0.506 e. The van der Waals surface area contributed by atoms with Gasteiger partial charge in [0.25, 0.3) is 0 Å². The molecule has 144 valence electrons. The number of benzene rings is 2. The summed E-state index contributed by atoms with van der Waals surface area (Å²) in [4.78, 5) is 5.30. The molecule has 3 rings (SSSR count). The molecule has 0 radical (unpaired) electrons. The van der Waals surface area contributed by atoms with Gasteiger partial charge in [-0.2, -0.15) is 5.10 Å². The lowest BCUT2D eigenvalue weighted by Crippen LogP contribution is -2.12. The van der Waals surface area contributed by atoms with Gasteiger partial charge < -0.3 is 9.84 Å². The van der Waals surface area contributed by atoms with E-state index in [0.717, 1.165) is 27.4 Å². The Bertz CT molecular complexity index is 1060. The second-order valence-electron chi connectivity index (χ2n) is 5.65. The lowest BCUT2D eigenvalue weighted by atomic mass is 10.2. The van der Waals surface area contributed by atoms with Crippen molar-refractivity contribution in [3.05, 3.63) is 73.7 Å². The van der Waals surface area contributed by atoms with Gasteiger partial charge >= 0.3 is 0 Å². The monoisotopic (exact) mass is 521 g/mol. The predicted octanol–water partition coefficient (Wildman–Crippen LogP) is 5.42. The lowest BCUT2D eigenvalue weighted by Gasteiger charge is -2.06. The number of thiazole rings is 1. The first kappa shape index (κ1) is 20.6. The number of phenols is 1. The molecule has 0 atom stereocenters. The fourth-order valence-corrected chi connectivity index (χ4v) is 4.48. The quantitative estimate of drug-likeness (QED) is 0.347. The molecule has 8 heteroatoms. The van der Waals surface area contributed by atoms with Crippen LogP contribution in [0.2, 0.25) is 0 Å². The van der Waals surface area contributed by atoms with Crippen LogP contribution in [-0.4, -0.2) is 29.7 Å². The van der Waals surface area contributed by atoms with Crippen LogP contribution in [0.15, 0.2) is 73.5 Å². The normalized spacial score (nSPS) is 11.9. The number of nitrogens with zero attached hydrogens (tertiary/aromatic N) is 3. The highest BCUT2D eigenvalue weighted by Gasteiger charge is 2.09. The molecule has 1 aromatic heterocycles. The Morgan fingerprint density at radius 2 is 1.89 bits per heavy atom. The minimum atomic E-state index is 0.154. The van der Waals surface area contributed by atoms with E-state index in [2.05, 4.69) is 48.5 Å². The fourth-order valence-electron chi connectivity index (χ4n) is 2.41. The first-order valence-electron chi connectivity index (χ1n) is 8.22. The van der Waals surface area contributed by atoms with Gasteiger partial charge in [0.15, 0.2) is 0 Å². The number of ether oxygens (including phenoxy) is 1. The Morgan fingerprint density at radius 1 is 1.21 bits per heavy atom. The summed E-state index contributed by atoms with van der Waals surface area (Å²) < 4.78 is 8.21. The molecule has 0 aliphatic heterocycles. The molecule has 0 aliphatic rings. The van der Waals surface area contributed by atoms with Crippen molar-refractivity contribution in [3.63, 3.8) is 0 Å². The molecule has 0 saturated carbocycles. The molecule has 1 heterocycles. The number of halogens is 2. The summed E-state index contributed by atoms with van der Waals surface area (Å²) in [6.07, 6.45) is 3.47. The molecule has 5 nitrogen and oxygen atoms in total. The predicted molar refractivity (Wildman–Crippen MR) is 121 cm³/mol. The molecule has 0 bridgehead atoms. The molecule has 0 unspecified atom stereocenters. The number of hydrogen-bond acceptors (Lipinski definition) is 5. The Labute approximate surface area is 183 Å². The zero-order chi connectivity index (χ0) is 20.1. The van der Waals surface area contributed by atoms with Gasteiger partial charge in [0, 0.05) is 10.9 Å². The molecule has 1 N–H and O–H groups in total. The van der Waals surface area contributed by atoms with Crippen molar-refractivity contribution in [2.24, 2.45) is 10.1 Å². The van der Waals surface area contributed by atoms with E-state index in [0.29, 0.717) is 15.5 Å². The van der Waals surface area contributed by atoms with Crippen LogP contribution in [-0.2, 0) is 0 Å². The van der Waals surface area contributed by atoms with E-state index in [1.807, 2.05) is 29.6 Å². The first-order chi connectivity index (χ1) is 13.5. The van der Waals surface area contributed by atoms with Crippen LogP contribution in [0.5, 0.6) is 11.5 Å². The van der Waals surface area contributed by atoms with E-state index in [-0.39, 0.29) is 5.75 Å². The maximum absolute atomic E-state index is 9.88. The summed E-state index contributed by atoms with van der Waals surface area (Å²) in [7, 11) is 1.64. The molecule has 0 aliphatic carbocycles. The highest BCUT2D eigenvalue weighted by Crippen LogP contribution is 2.33. The van der Waals surface area contributed by atoms with Gasteiger partial charge in [-0.15, -0.1) is 17.9 Å². The average molecular weight is 523 g/mol. The van der Waals surface area contributed by atoms with Gasteiger partial charge in [-0.1, -0.05) is 6.08 Å². The van der Waals surface area contributed by atoms with E-state index in [1.165, 1.54) is 11.3 Å². The van der Waals surface area contributed by atoms with Crippen molar-refractivity contribution in [3.8, 4) is 22.8 Å². The molecule has 2 aromatic carbocycles. The standard InChI is InChI=1S/C20H17Br2N3O2S/c1-3-8-23-20-25(24-11-13-9-16(21)19(26)17(22)10-13)18(12-28-20)14-4-6-15(27-2)7-5-14/h3-7,9-12,26H,1,8H2,2H3/b23-20?,24-11-. The molecular formula is C20H17Br2N3O2S. The van der Waals surface area contributed by atoms with Crippen LogP contribution < -0.4 is 9.54 Å². The molecule has 0 spiro atoms. The van der Waals surface area contributed by atoms with Crippen LogP contribution >= 0.6 is 43.2 Å². The zero-order valence-corrected chi connectivity index (χ0v) is 19.0. The molecule has 28 heavy (non-hydrogen) atoms. The van der Waals surface area contributed by atoms with E-state index >= 15 is 0 Å². The van der Waals surface area contributed by atoms with Crippen molar-refractivity contribution in [2.45, 2.75) is 0 Å². The summed E-state index contributed by atoms with van der Waals surface area (Å²) in [6.45, 7) is 4.23. The minimum Gasteiger partial charge on any atom is -0.506 e. The van der Waals surface area contributed by atoms with Crippen LogP contribution in [0, 0.1) is 0 Å². The third-order valence-corrected chi connectivity index (χ3v) is 5.85. The smallest absolute Gasteiger partial charge is 0.206 e. The van der Waals surface area contributed by atoms with Gasteiger partial charge in [0.05, 0.1) is 34.5 Å². The first-order valence-corrected chi connectivity index (χ1v) is 10.7. The fraction of sp³-hybridized carbons (Fsp3) is 0.100. The van der Waals surface area contributed by atoms with Crippen molar-refractivity contribution < 1.29 is 9.84 Å². The summed E-state index contributed by atoms with van der Waals surface area (Å²) in [5, 5.41) is 16.5. The van der Waals surface area contributed by atoms with E-state index in [9.17, 15) is 5.11 Å². The van der Waals surface area contributed by atoms with Crippen LogP contribution in [0.1, 0.15) is 5.56 Å². The van der Waals surface area contributed by atoms with Gasteiger partial charge in [-0.3, -0.25) is 4.99 Å². The second-order valence-corrected chi connectivity index (χ2v) is 8.20. The van der Waals surface area contributed by atoms with Crippen LogP contribution in [0.3, 0.4) is 0 Å². The van der Waals surface area contributed by atoms with Crippen molar-refractivity contribution in [1.29, 1.82) is 0 Å². The third-order valence-electron chi connectivity index (χ3n) is 3.79. The van der Waals surface area contributed by atoms with Gasteiger partial charge in [0.2, 0.25) is 4.80 Å². The Morgan fingerprint density at radius 3 is 2.50 bits per heavy atom. The lowest BCUT2D eigenvalue weighted by molar-refractivity contribution is 0.415. The number of aromatic hydroxyl groups is 1. The highest BCUT2D eigenvalue weighted by atomic mass is 79.9. The molecule has 0 fully saturated rings. The molecular weight excluding hydrogens is 506 g/mol. The number of methoxy groups -OCH3 is 1.